The van der Waals surface area contributed by atoms with Crippen LogP contribution in [0.25, 0.3) is 0 Å². The average Bonchev–Trinajstić information content (AvgIpc) is 2.91. The third kappa shape index (κ3) is 4.07. The first-order valence-electron chi connectivity index (χ1n) is 7.21. The maximum atomic E-state index is 11.7. The molecule has 2 unspecified atom stereocenters. The fourth-order valence-electron chi connectivity index (χ4n) is 2.91. The van der Waals surface area contributed by atoms with Gasteiger partial charge in [-0.2, -0.15) is 0 Å². The van der Waals surface area contributed by atoms with Gasteiger partial charge in [-0.05, 0) is 37.8 Å². The molecule has 1 aromatic heterocycles. The van der Waals surface area contributed by atoms with Crippen LogP contribution in [-0.4, -0.2) is 38.6 Å². The van der Waals surface area contributed by atoms with Crippen LogP contribution >= 0.6 is 0 Å². The Morgan fingerprint density at radius 3 is 2.95 bits per heavy atom. The second kappa shape index (κ2) is 6.74. The Balaban J connectivity index is 2.00. The van der Waals surface area contributed by atoms with Crippen molar-refractivity contribution in [3.63, 3.8) is 0 Å². The highest BCUT2D eigenvalue weighted by atomic mass is 32.2. The molecule has 1 N–H and O–H groups in total. The van der Waals surface area contributed by atoms with E-state index in [0.29, 0.717) is 19.0 Å². The van der Waals surface area contributed by atoms with Crippen molar-refractivity contribution in [1.82, 2.24) is 9.62 Å². The van der Waals surface area contributed by atoms with Crippen molar-refractivity contribution in [1.29, 1.82) is 0 Å². The van der Waals surface area contributed by atoms with Gasteiger partial charge in [-0.3, -0.25) is 0 Å². The average molecular weight is 300 g/mol. The van der Waals surface area contributed by atoms with Crippen molar-refractivity contribution >= 4 is 10.0 Å². The predicted octanol–water partition coefficient (Wildman–Crippen LogP) is 1.99. The quantitative estimate of drug-likeness (QED) is 0.873. The van der Waals surface area contributed by atoms with Crippen LogP contribution in [0, 0.1) is 5.92 Å². The van der Waals surface area contributed by atoms with Crippen LogP contribution in [-0.2, 0) is 10.0 Å². The van der Waals surface area contributed by atoms with Gasteiger partial charge < -0.3 is 9.73 Å². The molecule has 2 heterocycles. The van der Waals surface area contributed by atoms with Gasteiger partial charge in [0.25, 0.3) is 0 Å². The fraction of sp³-hybridized carbons (Fsp3) is 0.714. The van der Waals surface area contributed by atoms with Gasteiger partial charge in [-0.15, -0.1) is 0 Å². The van der Waals surface area contributed by atoms with E-state index in [9.17, 15) is 8.42 Å². The van der Waals surface area contributed by atoms with Gasteiger partial charge in [-0.25, -0.2) is 12.7 Å². The van der Waals surface area contributed by atoms with Crippen LogP contribution in [0.4, 0.5) is 0 Å². The van der Waals surface area contributed by atoms with Gasteiger partial charge in [0.15, 0.2) is 0 Å². The summed E-state index contributed by atoms with van der Waals surface area (Å²) in [5, 5.41) is 3.46. The van der Waals surface area contributed by atoms with E-state index in [4.69, 9.17) is 4.42 Å². The zero-order valence-corrected chi connectivity index (χ0v) is 13.0. The molecule has 1 aromatic rings. The Morgan fingerprint density at radius 1 is 1.55 bits per heavy atom. The van der Waals surface area contributed by atoms with Gasteiger partial charge >= 0.3 is 0 Å². The molecular formula is C14H24N2O3S. The molecule has 5 nitrogen and oxygen atoms in total. The Labute approximate surface area is 121 Å². The molecule has 1 aliphatic rings. The number of hydrogen-bond acceptors (Lipinski definition) is 4. The fourth-order valence-corrected chi connectivity index (χ4v) is 3.85. The highest BCUT2D eigenvalue weighted by Gasteiger charge is 2.28. The largest absolute Gasteiger partial charge is 0.472 e. The monoisotopic (exact) mass is 300 g/mol. The Morgan fingerprint density at radius 2 is 2.35 bits per heavy atom. The molecule has 2 rings (SSSR count). The molecule has 0 saturated carbocycles. The molecule has 0 radical (unpaired) electrons. The zero-order valence-electron chi connectivity index (χ0n) is 12.2. The van der Waals surface area contributed by atoms with E-state index in [2.05, 4.69) is 12.2 Å². The van der Waals surface area contributed by atoms with Crippen LogP contribution < -0.4 is 5.32 Å². The van der Waals surface area contributed by atoms with Crippen molar-refractivity contribution in [2.45, 2.75) is 32.2 Å². The third-order valence-electron chi connectivity index (χ3n) is 3.92. The number of nitrogens with one attached hydrogen (secondary N) is 1. The van der Waals surface area contributed by atoms with Crippen molar-refractivity contribution in [3.8, 4) is 0 Å². The van der Waals surface area contributed by atoms with E-state index >= 15 is 0 Å². The summed E-state index contributed by atoms with van der Waals surface area (Å²) < 4.78 is 30.1. The molecule has 20 heavy (non-hydrogen) atoms. The maximum Gasteiger partial charge on any atom is 0.211 e. The van der Waals surface area contributed by atoms with Crippen LogP contribution in [0.3, 0.4) is 0 Å². The summed E-state index contributed by atoms with van der Waals surface area (Å²) in [6.07, 6.45) is 7.73. The van der Waals surface area contributed by atoms with E-state index in [1.807, 2.05) is 6.07 Å². The molecule has 1 fully saturated rings. The van der Waals surface area contributed by atoms with Gasteiger partial charge in [0, 0.05) is 24.7 Å². The molecule has 1 aliphatic heterocycles. The van der Waals surface area contributed by atoms with E-state index in [1.165, 1.54) is 6.26 Å². The number of hydrogen-bond donors (Lipinski definition) is 1. The minimum absolute atomic E-state index is 0.239. The van der Waals surface area contributed by atoms with Crippen LogP contribution in [0.15, 0.2) is 23.0 Å². The topological polar surface area (TPSA) is 62.6 Å². The first kappa shape index (κ1) is 15.5. The predicted molar refractivity (Wildman–Crippen MR) is 78.9 cm³/mol. The van der Waals surface area contributed by atoms with Gasteiger partial charge in [0.05, 0.1) is 18.8 Å². The molecule has 1 saturated heterocycles. The molecular weight excluding hydrogens is 276 g/mol. The third-order valence-corrected chi connectivity index (χ3v) is 5.19. The summed E-state index contributed by atoms with van der Waals surface area (Å²) in [7, 11) is -3.07. The molecule has 114 valence electrons. The van der Waals surface area contributed by atoms with Crippen molar-refractivity contribution < 1.29 is 12.8 Å². The summed E-state index contributed by atoms with van der Waals surface area (Å²) in [5.41, 5.74) is 1.14. The number of sulfonamides is 1. The Bertz CT molecular complexity index is 498. The van der Waals surface area contributed by atoms with Crippen LogP contribution in [0.5, 0.6) is 0 Å². The SMILES string of the molecule is CCNC(CC1CCCN(S(C)(=O)=O)C1)c1ccoc1. The van der Waals surface area contributed by atoms with E-state index in [-0.39, 0.29) is 6.04 Å². The smallest absolute Gasteiger partial charge is 0.211 e. The van der Waals surface area contributed by atoms with E-state index in [0.717, 1.165) is 31.4 Å². The number of rotatable bonds is 6. The zero-order chi connectivity index (χ0) is 14.6. The number of nitrogens with zero attached hydrogens (tertiary/aromatic N) is 1. The summed E-state index contributed by atoms with van der Waals surface area (Å²) in [4.78, 5) is 0. The van der Waals surface area contributed by atoms with Crippen molar-refractivity contribution in [2.75, 3.05) is 25.9 Å². The summed E-state index contributed by atoms with van der Waals surface area (Å²) >= 11 is 0. The molecule has 0 bridgehead atoms. The lowest BCUT2D eigenvalue weighted by molar-refractivity contribution is 0.238. The second-order valence-corrected chi connectivity index (χ2v) is 7.51. The number of furan rings is 1. The second-order valence-electron chi connectivity index (χ2n) is 5.53. The minimum Gasteiger partial charge on any atom is -0.472 e. The van der Waals surface area contributed by atoms with Crippen molar-refractivity contribution in [2.24, 2.45) is 5.92 Å². The molecule has 6 heteroatoms. The molecule has 0 spiro atoms. The van der Waals surface area contributed by atoms with Crippen LogP contribution in [0.1, 0.15) is 37.8 Å². The highest BCUT2D eigenvalue weighted by Crippen LogP contribution is 2.28. The number of piperidine rings is 1. The summed E-state index contributed by atoms with van der Waals surface area (Å²) in [6.45, 7) is 4.26. The molecule has 0 aromatic carbocycles. The van der Waals surface area contributed by atoms with E-state index < -0.39 is 10.0 Å². The first-order valence-corrected chi connectivity index (χ1v) is 9.06. The van der Waals surface area contributed by atoms with Gasteiger partial charge in [-0.1, -0.05) is 6.92 Å². The van der Waals surface area contributed by atoms with Crippen LogP contribution in [0.2, 0.25) is 0 Å². The first-order chi connectivity index (χ1) is 9.50. The minimum atomic E-state index is -3.07. The van der Waals surface area contributed by atoms with Crippen molar-refractivity contribution in [3.05, 3.63) is 24.2 Å². The Hall–Kier alpha value is -0.850. The maximum absolute atomic E-state index is 11.7. The molecule has 0 aliphatic carbocycles. The summed E-state index contributed by atoms with van der Waals surface area (Å²) in [5.74, 6) is 0.400. The highest BCUT2D eigenvalue weighted by molar-refractivity contribution is 7.88. The lowest BCUT2D eigenvalue weighted by Gasteiger charge is -2.33. The summed E-state index contributed by atoms with van der Waals surface area (Å²) in [6, 6.07) is 2.22. The lowest BCUT2D eigenvalue weighted by Crippen LogP contribution is -2.40. The Kier molecular flexibility index (Phi) is 5.23. The lowest BCUT2D eigenvalue weighted by atomic mass is 9.90. The normalized spacial score (nSPS) is 22.8. The van der Waals surface area contributed by atoms with Gasteiger partial charge in [0.1, 0.15) is 0 Å². The molecule has 0 amide bonds. The standard InChI is InChI=1S/C14H24N2O3S/c1-3-15-14(13-6-8-19-11-13)9-12-5-4-7-16(10-12)20(2,17)18/h6,8,11-12,14-15H,3-5,7,9-10H2,1-2H3. The molecule has 2 atom stereocenters. The van der Waals surface area contributed by atoms with Gasteiger partial charge in [0.2, 0.25) is 10.0 Å². The van der Waals surface area contributed by atoms with E-state index in [1.54, 1.807) is 16.8 Å².